The lowest BCUT2D eigenvalue weighted by Gasteiger charge is -2.34. The fraction of sp³-hybridized carbons (Fsp3) is 0.385. The number of amides is 1. The molecule has 0 radical (unpaired) electrons. The summed E-state index contributed by atoms with van der Waals surface area (Å²) in [4.78, 5) is 24.9. The Hall–Kier alpha value is -3.16. The second-order valence-corrected chi connectivity index (χ2v) is 8.88. The lowest BCUT2D eigenvalue weighted by Crippen LogP contribution is -2.44. The third kappa shape index (κ3) is 4.65. The van der Waals surface area contributed by atoms with E-state index in [9.17, 15) is 4.79 Å². The van der Waals surface area contributed by atoms with Gasteiger partial charge < -0.3 is 24.8 Å². The molecule has 1 aromatic heterocycles. The highest BCUT2D eigenvalue weighted by Crippen LogP contribution is 2.29. The number of aromatic nitrogens is 1. The zero-order chi connectivity index (χ0) is 22.8. The molecule has 33 heavy (non-hydrogen) atoms. The van der Waals surface area contributed by atoms with E-state index in [1.807, 2.05) is 36.4 Å². The number of carbonyl (C=O) groups excluding carboxylic acids is 1. The molecule has 2 saturated heterocycles. The van der Waals surface area contributed by atoms with Crippen molar-refractivity contribution in [1.29, 1.82) is 0 Å². The molecule has 2 fully saturated rings. The standard InChI is InChI=1S/C26H31N5O2/c1-19-3-10-24(31-13-11-29(2)12-14-31)25-22(19)8-9-23(28-25)26(32)27-20-4-6-21(7-5-20)30-15-17-33-18-16-30/h3-10H,11-18H2,1-2H3,(H,27,32). The van der Waals surface area contributed by atoms with Crippen LogP contribution in [-0.4, -0.2) is 75.3 Å². The third-order valence-corrected chi connectivity index (χ3v) is 6.63. The van der Waals surface area contributed by atoms with Crippen molar-refractivity contribution >= 4 is 33.9 Å². The minimum atomic E-state index is -0.193. The van der Waals surface area contributed by atoms with Crippen molar-refractivity contribution in [2.45, 2.75) is 6.92 Å². The normalized spacial score (nSPS) is 17.4. The number of anilines is 3. The van der Waals surface area contributed by atoms with Crippen molar-refractivity contribution in [3.8, 4) is 0 Å². The van der Waals surface area contributed by atoms with Gasteiger partial charge >= 0.3 is 0 Å². The maximum absolute atomic E-state index is 13.0. The fourth-order valence-corrected chi connectivity index (χ4v) is 4.55. The number of fused-ring (bicyclic) bond motifs is 1. The first kappa shape index (κ1) is 21.7. The van der Waals surface area contributed by atoms with Crippen molar-refractivity contribution in [3.63, 3.8) is 0 Å². The van der Waals surface area contributed by atoms with Crippen LogP contribution in [-0.2, 0) is 4.74 Å². The van der Waals surface area contributed by atoms with E-state index >= 15 is 0 Å². The molecule has 2 aliphatic heterocycles. The van der Waals surface area contributed by atoms with Gasteiger partial charge in [0.2, 0.25) is 0 Å². The van der Waals surface area contributed by atoms with Crippen LogP contribution >= 0.6 is 0 Å². The summed E-state index contributed by atoms with van der Waals surface area (Å²) in [5.74, 6) is -0.193. The van der Waals surface area contributed by atoms with Gasteiger partial charge in [0.25, 0.3) is 5.91 Å². The van der Waals surface area contributed by atoms with Gasteiger partial charge in [-0.2, -0.15) is 0 Å². The molecule has 0 saturated carbocycles. The quantitative estimate of drug-likeness (QED) is 0.664. The van der Waals surface area contributed by atoms with Gasteiger partial charge in [-0.15, -0.1) is 0 Å². The number of piperazine rings is 1. The molecule has 0 unspecified atom stereocenters. The number of carbonyl (C=O) groups is 1. The Balaban J connectivity index is 1.36. The van der Waals surface area contributed by atoms with Crippen LogP contribution in [0.2, 0.25) is 0 Å². The van der Waals surface area contributed by atoms with Gasteiger partial charge in [-0.05, 0) is 55.9 Å². The number of morpholine rings is 1. The molecule has 3 aromatic rings. The minimum Gasteiger partial charge on any atom is -0.378 e. The van der Waals surface area contributed by atoms with Crippen LogP contribution < -0.4 is 15.1 Å². The van der Waals surface area contributed by atoms with Gasteiger partial charge in [-0.1, -0.05) is 12.1 Å². The van der Waals surface area contributed by atoms with Crippen molar-refractivity contribution in [2.75, 3.05) is 74.6 Å². The molecule has 2 aliphatic rings. The summed E-state index contributed by atoms with van der Waals surface area (Å²) in [7, 11) is 2.15. The first-order valence-electron chi connectivity index (χ1n) is 11.7. The van der Waals surface area contributed by atoms with E-state index in [1.165, 1.54) is 5.56 Å². The highest BCUT2D eigenvalue weighted by Gasteiger charge is 2.19. The number of ether oxygens (including phenoxy) is 1. The molecule has 172 valence electrons. The average molecular weight is 446 g/mol. The number of pyridine rings is 1. The largest absolute Gasteiger partial charge is 0.378 e. The molecule has 1 N–H and O–H groups in total. The number of nitrogens with zero attached hydrogens (tertiary/aromatic N) is 4. The monoisotopic (exact) mass is 445 g/mol. The van der Waals surface area contributed by atoms with Gasteiger partial charge in [0.15, 0.2) is 0 Å². The first-order valence-corrected chi connectivity index (χ1v) is 11.7. The molecular formula is C26H31N5O2. The Morgan fingerprint density at radius 1 is 0.879 bits per heavy atom. The number of rotatable bonds is 4. The summed E-state index contributed by atoms with van der Waals surface area (Å²) in [6.45, 7) is 9.34. The summed E-state index contributed by atoms with van der Waals surface area (Å²) in [5, 5.41) is 4.10. The second-order valence-electron chi connectivity index (χ2n) is 8.88. The van der Waals surface area contributed by atoms with Gasteiger partial charge in [0.1, 0.15) is 5.69 Å². The summed E-state index contributed by atoms with van der Waals surface area (Å²) in [5.41, 5.74) is 5.51. The number of aryl methyl sites for hydroxylation is 1. The van der Waals surface area contributed by atoms with E-state index in [4.69, 9.17) is 9.72 Å². The zero-order valence-electron chi connectivity index (χ0n) is 19.4. The van der Waals surface area contributed by atoms with Gasteiger partial charge in [0, 0.05) is 56.0 Å². The second kappa shape index (κ2) is 9.37. The highest BCUT2D eigenvalue weighted by atomic mass is 16.5. The summed E-state index contributed by atoms with van der Waals surface area (Å²) in [6, 6.07) is 16.1. The molecule has 5 rings (SSSR count). The molecular weight excluding hydrogens is 414 g/mol. The fourth-order valence-electron chi connectivity index (χ4n) is 4.55. The van der Waals surface area contributed by atoms with Crippen molar-refractivity contribution in [2.24, 2.45) is 0 Å². The van der Waals surface area contributed by atoms with Gasteiger partial charge in [-0.3, -0.25) is 4.79 Å². The number of nitrogens with one attached hydrogen (secondary N) is 1. The van der Waals surface area contributed by atoms with E-state index < -0.39 is 0 Å². The van der Waals surface area contributed by atoms with E-state index in [1.54, 1.807) is 0 Å². The molecule has 0 spiro atoms. The summed E-state index contributed by atoms with van der Waals surface area (Å²) >= 11 is 0. The molecule has 0 bridgehead atoms. The number of likely N-dealkylation sites (N-methyl/N-ethyl adjacent to an activating group) is 1. The van der Waals surface area contributed by atoms with Gasteiger partial charge in [0.05, 0.1) is 24.4 Å². The maximum atomic E-state index is 13.0. The Kier molecular flexibility index (Phi) is 6.15. The third-order valence-electron chi connectivity index (χ3n) is 6.63. The van der Waals surface area contributed by atoms with Crippen LogP contribution in [0.5, 0.6) is 0 Å². The number of benzene rings is 2. The predicted molar refractivity (Wildman–Crippen MR) is 134 cm³/mol. The number of hydrogen-bond acceptors (Lipinski definition) is 6. The van der Waals surface area contributed by atoms with Crippen LogP contribution in [0.3, 0.4) is 0 Å². The van der Waals surface area contributed by atoms with E-state index in [-0.39, 0.29) is 5.91 Å². The smallest absolute Gasteiger partial charge is 0.274 e. The van der Waals surface area contributed by atoms with Crippen LogP contribution in [0.4, 0.5) is 17.1 Å². The Morgan fingerprint density at radius 2 is 1.61 bits per heavy atom. The van der Waals surface area contributed by atoms with E-state index in [0.29, 0.717) is 5.69 Å². The number of hydrogen-bond donors (Lipinski definition) is 1. The minimum absolute atomic E-state index is 0.193. The molecule has 7 heteroatoms. The Morgan fingerprint density at radius 3 is 2.33 bits per heavy atom. The van der Waals surface area contributed by atoms with Crippen molar-refractivity contribution in [3.05, 3.63) is 59.8 Å². The topological polar surface area (TPSA) is 60.9 Å². The average Bonchev–Trinajstić information content (AvgIpc) is 2.86. The molecule has 0 atom stereocenters. The van der Waals surface area contributed by atoms with Crippen molar-refractivity contribution in [1.82, 2.24) is 9.88 Å². The Labute approximate surface area is 194 Å². The first-order chi connectivity index (χ1) is 16.1. The van der Waals surface area contributed by atoms with Crippen LogP contribution in [0.15, 0.2) is 48.5 Å². The van der Waals surface area contributed by atoms with Crippen molar-refractivity contribution < 1.29 is 9.53 Å². The SMILES string of the molecule is Cc1ccc(N2CCN(C)CC2)c2nc(C(=O)Nc3ccc(N4CCOCC4)cc3)ccc12. The molecule has 7 nitrogen and oxygen atoms in total. The molecule has 2 aromatic carbocycles. The molecule has 3 heterocycles. The van der Waals surface area contributed by atoms with Crippen LogP contribution in [0, 0.1) is 6.92 Å². The van der Waals surface area contributed by atoms with Crippen LogP contribution in [0.1, 0.15) is 16.1 Å². The zero-order valence-corrected chi connectivity index (χ0v) is 19.4. The summed E-state index contributed by atoms with van der Waals surface area (Å²) in [6.07, 6.45) is 0. The maximum Gasteiger partial charge on any atom is 0.274 e. The lowest BCUT2D eigenvalue weighted by molar-refractivity contribution is 0.102. The molecule has 0 aliphatic carbocycles. The Bertz CT molecular complexity index is 1130. The van der Waals surface area contributed by atoms with Gasteiger partial charge in [-0.25, -0.2) is 4.98 Å². The molecule has 1 amide bonds. The van der Waals surface area contributed by atoms with Crippen LogP contribution in [0.25, 0.3) is 10.9 Å². The highest BCUT2D eigenvalue weighted by molar-refractivity contribution is 6.05. The predicted octanol–water partition coefficient (Wildman–Crippen LogP) is 3.38. The lowest BCUT2D eigenvalue weighted by atomic mass is 10.1. The summed E-state index contributed by atoms with van der Waals surface area (Å²) < 4.78 is 5.43. The van der Waals surface area contributed by atoms with E-state index in [0.717, 1.165) is 80.4 Å². The van der Waals surface area contributed by atoms with E-state index in [2.05, 4.69) is 46.1 Å².